The van der Waals surface area contributed by atoms with E-state index in [2.05, 4.69) is 13.8 Å². The summed E-state index contributed by atoms with van der Waals surface area (Å²) in [5.41, 5.74) is 1.38. The minimum absolute atomic E-state index is 0.0187. The number of thiophene rings is 1. The summed E-state index contributed by atoms with van der Waals surface area (Å²) in [6.45, 7) is 8.22. The normalized spacial score (nSPS) is 18.7. The number of sulfone groups is 1. The summed E-state index contributed by atoms with van der Waals surface area (Å²) in [6, 6.07) is 0. The van der Waals surface area contributed by atoms with Gasteiger partial charge in [-0.1, -0.05) is 27.7 Å². The highest BCUT2D eigenvalue weighted by atomic mass is 32.2. The Morgan fingerprint density at radius 1 is 1.21 bits per heavy atom. The van der Waals surface area contributed by atoms with Crippen molar-refractivity contribution in [1.82, 2.24) is 0 Å². The third-order valence-corrected chi connectivity index (χ3v) is 6.80. The van der Waals surface area contributed by atoms with Gasteiger partial charge >= 0.3 is 0 Å². The maximum Gasteiger partial charge on any atom is 0.185 e. The number of carbonyl (C=O) groups excluding carboxylic acids is 1. The van der Waals surface area contributed by atoms with E-state index >= 15 is 0 Å². The van der Waals surface area contributed by atoms with Crippen LogP contribution in [0.2, 0.25) is 0 Å². The molecule has 5 heteroatoms. The van der Waals surface area contributed by atoms with Gasteiger partial charge in [0.25, 0.3) is 0 Å². The Bertz CT molecular complexity index is 634. The molecule has 0 aromatic carbocycles. The molecule has 1 aliphatic carbocycles. The van der Waals surface area contributed by atoms with Gasteiger partial charge in [-0.15, -0.1) is 11.3 Å². The summed E-state index contributed by atoms with van der Waals surface area (Å²) in [4.78, 5) is 13.4. The van der Waals surface area contributed by atoms with Crippen LogP contribution in [0.25, 0.3) is 0 Å². The molecule has 0 bridgehead atoms. The van der Waals surface area contributed by atoms with Crippen LogP contribution in [-0.4, -0.2) is 20.5 Å². The van der Waals surface area contributed by atoms with Crippen molar-refractivity contribution < 1.29 is 13.2 Å². The molecule has 0 saturated carbocycles. The van der Waals surface area contributed by atoms with Crippen molar-refractivity contribution in [3.05, 3.63) is 16.0 Å². The summed E-state index contributed by atoms with van der Waals surface area (Å²) >= 11 is 1.29. The summed E-state index contributed by atoms with van der Waals surface area (Å²) in [6.07, 6.45) is 2.40. The van der Waals surface area contributed by atoms with Crippen LogP contribution in [0.3, 0.4) is 0 Å². The van der Waals surface area contributed by atoms with Crippen LogP contribution >= 0.6 is 11.3 Å². The van der Waals surface area contributed by atoms with Crippen LogP contribution in [0.15, 0.2) is 4.21 Å². The van der Waals surface area contributed by atoms with Gasteiger partial charge in [0, 0.05) is 17.6 Å². The Morgan fingerprint density at radius 3 is 2.26 bits per heavy atom. The highest BCUT2D eigenvalue weighted by Crippen LogP contribution is 2.45. The zero-order valence-electron chi connectivity index (χ0n) is 12.0. The molecule has 0 aliphatic heterocycles. The number of ketones is 1. The molecule has 106 valence electrons. The molecule has 0 N–H and O–H groups in total. The largest absolute Gasteiger partial charge is 0.294 e. The fourth-order valence-electron chi connectivity index (χ4n) is 2.71. The van der Waals surface area contributed by atoms with Crippen LogP contribution in [0.1, 0.15) is 60.8 Å². The van der Waals surface area contributed by atoms with Crippen LogP contribution in [0, 0.1) is 5.41 Å². The van der Waals surface area contributed by atoms with Crippen molar-refractivity contribution in [2.24, 2.45) is 5.41 Å². The number of hydrogen-bond acceptors (Lipinski definition) is 4. The first-order valence-electron chi connectivity index (χ1n) is 6.42. The molecule has 1 aromatic rings. The average molecular weight is 300 g/mol. The number of carbonyl (C=O) groups is 1. The molecular formula is C14H20O3S2. The van der Waals surface area contributed by atoms with Gasteiger partial charge < -0.3 is 0 Å². The molecule has 19 heavy (non-hydrogen) atoms. The van der Waals surface area contributed by atoms with Gasteiger partial charge in [-0.2, -0.15) is 0 Å². The number of Topliss-reactive ketones (excluding diaryl/α,β-unsaturated/α-hetero) is 1. The van der Waals surface area contributed by atoms with E-state index in [1.54, 1.807) is 0 Å². The van der Waals surface area contributed by atoms with Crippen LogP contribution in [0.5, 0.6) is 0 Å². The standard InChI is InChI=1S/C14H20O3S2/c1-8(2)12-9-6-14(3,4)7-10(15)11(9)13(18-12)19(5,16)17/h8H,6-7H2,1-5H3. The molecule has 0 atom stereocenters. The van der Waals surface area contributed by atoms with Gasteiger partial charge in [-0.3, -0.25) is 4.79 Å². The van der Waals surface area contributed by atoms with E-state index in [4.69, 9.17) is 0 Å². The van der Waals surface area contributed by atoms with Crippen molar-refractivity contribution in [3.63, 3.8) is 0 Å². The van der Waals surface area contributed by atoms with Gasteiger partial charge in [0.05, 0.1) is 5.56 Å². The molecule has 1 aliphatic rings. The van der Waals surface area contributed by atoms with Gasteiger partial charge in [-0.05, 0) is 23.3 Å². The first-order valence-corrected chi connectivity index (χ1v) is 9.12. The second kappa shape index (κ2) is 4.42. The highest BCUT2D eigenvalue weighted by Gasteiger charge is 2.38. The van der Waals surface area contributed by atoms with Crippen molar-refractivity contribution in [3.8, 4) is 0 Å². The third kappa shape index (κ3) is 2.63. The first-order chi connectivity index (χ1) is 8.53. The Balaban J connectivity index is 2.75. The lowest BCUT2D eigenvalue weighted by Gasteiger charge is -2.29. The van der Waals surface area contributed by atoms with Crippen LogP contribution < -0.4 is 0 Å². The van der Waals surface area contributed by atoms with Crippen molar-refractivity contribution in [2.45, 2.75) is 50.7 Å². The summed E-state index contributed by atoms with van der Waals surface area (Å²) in [5, 5.41) is 0. The third-order valence-electron chi connectivity index (χ3n) is 3.44. The van der Waals surface area contributed by atoms with E-state index in [0.717, 1.165) is 16.9 Å². The topological polar surface area (TPSA) is 51.2 Å². The number of fused-ring (bicyclic) bond motifs is 1. The van der Waals surface area contributed by atoms with E-state index in [1.807, 2.05) is 13.8 Å². The molecule has 0 saturated heterocycles. The minimum atomic E-state index is -3.33. The molecule has 0 unspecified atom stereocenters. The maximum atomic E-state index is 12.3. The Morgan fingerprint density at radius 2 is 1.79 bits per heavy atom. The predicted molar refractivity (Wildman–Crippen MR) is 78.0 cm³/mol. The van der Waals surface area contributed by atoms with Crippen molar-refractivity contribution in [1.29, 1.82) is 0 Å². The van der Waals surface area contributed by atoms with Gasteiger partial charge in [-0.25, -0.2) is 8.42 Å². The van der Waals surface area contributed by atoms with Gasteiger partial charge in [0.1, 0.15) is 4.21 Å². The SMILES string of the molecule is CC(C)c1sc(S(C)(=O)=O)c2c1CC(C)(C)CC2=O. The lowest BCUT2D eigenvalue weighted by atomic mass is 9.74. The first kappa shape index (κ1) is 14.7. The number of rotatable bonds is 2. The molecule has 2 rings (SSSR count). The predicted octanol–water partition coefficient (Wildman–Crippen LogP) is 3.43. The summed E-state index contributed by atoms with van der Waals surface area (Å²) in [5.74, 6) is 0.228. The smallest absolute Gasteiger partial charge is 0.185 e. The van der Waals surface area contributed by atoms with E-state index in [-0.39, 0.29) is 21.3 Å². The summed E-state index contributed by atoms with van der Waals surface area (Å²) in [7, 11) is -3.33. The molecule has 3 nitrogen and oxygen atoms in total. The quantitative estimate of drug-likeness (QED) is 0.841. The van der Waals surface area contributed by atoms with Gasteiger partial charge in [0.2, 0.25) is 0 Å². The van der Waals surface area contributed by atoms with E-state index < -0.39 is 9.84 Å². The van der Waals surface area contributed by atoms with E-state index in [0.29, 0.717) is 12.0 Å². The molecule has 0 spiro atoms. The zero-order valence-corrected chi connectivity index (χ0v) is 13.7. The molecule has 1 aromatic heterocycles. The molecule has 1 heterocycles. The molecule has 0 radical (unpaired) electrons. The molecule has 0 amide bonds. The summed E-state index contributed by atoms with van der Waals surface area (Å²) < 4.78 is 24.1. The van der Waals surface area contributed by atoms with Crippen LogP contribution in [-0.2, 0) is 16.3 Å². The minimum Gasteiger partial charge on any atom is -0.294 e. The fourth-order valence-corrected chi connectivity index (χ4v) is 5.26. The van der Waals surface area contributed by atoms with E-state index in [1.165, 1.54) is 17.6 Å². The van der Waals surface area contributed by atoms with E-state index in [9.17, 15) is 13.2 Å². The Kier molecular flexibility index (Phi) is 3.42. The maximum absolute atomic E-state index is 12.3. The highest BCUT2D eigenvalue weighted by molar-refractivity contribution is 7.92. The average Bonchev–Trinajstić information content (AvgIpc) is 2.54. The fraction of sp³-hybridized carbons (Fsp3) is 0.643. The second-order valence-electron chi connectivity index (χ2n) is 6.48. The Labute approximate surface area is 119 Å². The van der Waals surface area contributed by atoms with Crippen LogP contribution in [0.4, 0.5) is 0 Å². The number of hydrogen-bond donors (Lipinski definition) is 0. The lowest BCUT2D eigenvalue weighted by Crippen LogP contribution is -2.27. The van der Waals surface area contributed by atoms with Crippen molar-refractivity contribution in [2.75, 3.05) is 6.26 Å². The zero-order chi connectivity index (χ0) is 14.6. The monoisotopic (exact) mass is 300 g/mol. The van der Waals surface area contributed by atoms with Gasteiger partial charge in [0.15, 0.2) is 15.6 Å². The molecular weight excluding hydrogens is 280 g/mol. The van der Waals surface area contributed by atoms with Crippen molar-refractivity contribution >= 4 is 27.0 Å². The lowest BCUT2D eigenvalue weighted by molar-refractivity contribution is 0.0909. The second-order valence-corrected chi connectivity index (χ2v) is 9.74. The Hall–Kier alpha value is -0.680. The molecule has 0 fully saturated rings.